The Morgan fingerprint density at radius 2 is 1.84 bits per heavy atom. The predicted octanol–water partition coefficient (Wildman–Crippen LogP) is 2.70. The van der Waals surface area contributed by atoms with Gasteiger partial charge < -0.3 is 5.32 Å². The summed E-state index contributed by atoms with van der Waals surface area (Å²) in [6.07, 6.45) is 0. The van der Waals surface area contributed by atoms with E-state index >= 15 is 0 Å². The molecule has 0 saturated carbocycles. The third-order valence-electron chi connectivity index (χ3n) is 2.18. The molecular weight excluding hydrogens is 336 g/mol. The fraction of sp³-hybridized carbons (Fsp3) is 0.273. The van der Waals surface area contributed by atoms with Crippen LogP contribution in [-0.4, -0.2) is 19.1 Å². The number of hydrogen-bond acceptors (Lipinski definition) is 3. The molecule has 1 rings (SSSR count). The van der Waals surface area contributed by atoms with Gasteiger partial charge in [0.2, 0.25) is 5.96 Å². The summed E-state index contributed by atoms with van der Waals surface area (Å²) >= 11 is 3.39. The van der Waals surface area contributed by atoms with Crippen LogP contribution in [0.2, 0.25) is 0 Å². The summed E-state index contributed by atoms with van der Waals surface area (Å²) in [5, 5.41) is 12.3. The van der Waals surface area contributed by atoms with Crippen LogP contribution in [0.1, 0.15) is 11.1 Å². The Hall–Kier alpha value is -1.31. The number of hydrogen-bond donors (Lipinski definition) is 4. The first-order valence-corrected chi connectivity index (χ1v) is 5.95. The quantitative estimate of drug-likeness (QED) is 0.375. The number of urea groups is 1. The third-order valence-corrected chi connectivity index (χ3v) is 2.64. The summed E-state index contributed by atoms with van der Waals surface area (Å²) in [5.74, 6) is -0.234. The topological polar surface area (TPSA) is 86.2 Å². The maximum absolute atomic E-state index is 11.6. The fourth-order valence-electron chi connectivity index (χ4n) is 1.49. The first kappa shape index (κ1) is 17.7. The van der Waals surface area contributed by atoms with E-state index in [0.717, 1.165) is 21.3 Å². The summed E-state index contributed by atoms with van der Waals surface area (Å²) in [7, 11) is 1.36. The van der Waals surface area contributed by atoms with Crippen LogP contribution in [0.4, 0.5) is 10.5 Å². The van der Waals surface area contributed by atoms with Crippen molar-refractivity contribution < 1.29 is 9.63 Å². The molecule has 0 atom stereocenters. The zero-order chi connectivity index (χ0) is 13.7. The van der Waals surface area contributed by atoms with Gasteiger partial charge in [-0.1, -0.05) is 15.9 Å². The first-order valence-electron chi connectivity index (χ1n) is 5.16. The van der Waals surface area contributed by atoms with Gasteiger partial charge in [0.1, 0.15) is 0 Å². The summed E-state index contributed by atoms with van der Waals surface area (Å²) in [6.45, 7) is 3.79. The van der Waals surface area contributed by atoms with E-state index in [0.29, 0.717) is 0 Å². The Kier molecular flexibility index (Phi) is 7.43. The molecule has 8 heteroatoms. The minimum Gasteiger partial charge on any atom is -0.307 e. The normalized spacial score (nSPS) is 9.26. The molecule has 0 aromatic heterocycles. The van der Waals surface area contributed by atoms with Gasteiger partial charge in [0.25, 0.3) is 0 Å². The number of nitrogens with one attached hydrogen (secondary N) is 4. The molecule has 0 unspecified atom stereocenters. The van der Waals surface area contributed by atoms with Crippen LogP contribution in [0.15, 0.2) is 16.6 Å². The smallest absolute Gasteiger partial charge is 0.307 e. The Morgan fingerprint density at radius 1 is 1.32 bits per heavy atom. The van der Waals surface area contributed by atoms with Crippen LogP contribution < -0.4 is 16.1 Å². The van der Waals surface area contributed by atoms with Crippen LogP contribution >= 0.6 is 28.3 Å². The Bertz CT molecular complexity index is 459. The van der Waals surface area contributed by atoms with Crippen molar-refractivity contribution in [1.82, 2.24) is 10.8 Å². The van der Waals surface area contributed by atoms with E-state index in [4.69, 9.17) is 5.41 Å². The lowest BCUT2D eigenvalue weighted by molar-refractivity contribution is 0.141. The van der Waals surface area contributed by atoms with Crippen molar-refractivity contribution in [2.24, 2.45) is 0 Å². The summed E-state index contributed by atoms with van der Waals surface area (Å²) in [6, 6.07) is 3.31. The molecule has 6 nitrogen and oxygen atoms in total. The van der Waals surface area contributed by atoms with Crippen LogP contribution in [-0.2, 0) is 4.84 Å². The molecule has 1 aromatic carbocycles. The summed E-state index contributed by atoms with van der Waals surface area (Å²) in [4.78, 5) is 16.1. The molecule has 2 amide bonds. The standard InChI is InChI=1S/C11H15BrN4O2.ClH/c1-6-4-8(12)5-7(2)9(6)14-11(17)15-10(13)16-18-3;/h4-5H,1-3H3,(H4,13,14,15,16,17);1H. The maximum Gasteiger partial charge on any atom is 0.326 e. The highest BCUT2D eigenvalue weighted by atomic mass is 79.9. The number of carbonyl (C=O) groups excluding carboxylic acids is 1. The molecule has 106 valence electrons. The number of amides is 2. The van der Waals surface area contributed by atoms with Gasteiger partial charge in [-0.25, -0.2) is 10.3 Å². The summed E-state index contributed by atoms with van der Waals surface area (Å²) in [5.41, 5.74) is 4.79. The minimum atomic E-state index is -0.502. The van der Waals surface area contributed by atoms with E-state index < -0.39 is 6.03 Å². The average molecular weight is 352 g/mol. The predicted molar refractivity (Wildman–Crippen MR) is 80.9 cm³/mol. The van der Waals surface area contributed by atoms with E-state index in [-0.39, 0.29) is 18.4 Å². The largest absolute Gasteiger partial charge is 0.326 e. The highest BCUT2D eigenvalue weighted by Gasteiger charge is 2.09. The molecule has 0 radical (unpaired) electrons. The van der Waals surface area contributed by atoms with Gasteiger partial charge >= 0.3 is 6.03 Å². The van der Waals surface area contributed by atoms with E-state index in [1.54, 1.807) is 0 Å². The van der Waals surface area contributed by atoms with E-state index in [9.17, 15) is 4.79 Å². The molecule has 4 N–H and O–H groups in total. The van der Waals surface area contributed by atoms with Crippen LogP contribution in [0.25, 0.3) is 0 Å². The third kappa shape index (κ3) is 5.46. The number of benzene rings is 1. The van der Waals surface area contributed by atoms with Crippen LogP contribution in [0.3, 0.4) is 0 Å². The first-order chi connectivity index (χ1) is 8.43. The molecule has 0 aliphatic heterocycles. The van der Waals surface area contributed by atoms with Crippen molar-refractivity contribution in [3.63, 3.8) is 0 Å². The van der Waals surface area contributed by atoms with Crippen LogP contribution in [0, 0.1) is 19.3 Å². The Balaban J connectivity index is 0.00000324. The Labute approximate surface area is 126 Å². The van der Waals surface area contributed by atoms with Crippen LogP contribution in [0.5, 0.6) is 0 Å². The second kappa shape index (κ2) is 7.98. The SMILES string of the molecule is CONC(=N)NC(=O)Nc1c(C)cc(Br)cc1C.Cl. The molecule has 0 heterocycles. The molecule has 0 fully saturated rings. The number of halogens is 2. The molecule has 0 aliphatic rings. The number of hydroxylamine groups is 1. The molecule has 0 bridgehead atoms. The molecule has 19 heavy (non-hydrogen) atoms. The van der Waals surface area contributed by atoms with E-state index in [2.05, 4.69) is 36.9 Å². The van der Waals surface area contributed by atoms with Crippen molar-refractivity contribution >= 4 is 46.0 Å². The lowest BCUT2D eigenvalue weighted by Crippen LogP contribution is -2.42. The number of carbonyl (C=O) groups is 1. The number of guanidine groups is 1. The van der Waals surface area contributed by atoms with Crippen molar-refractivity contribution in [1.29, 1.82) is 5.41 Å². The second-order valence-corrected chi connectivity index (χ2v) is 4.59. The summed E-state index contributed by atoms with van der Waals surface area (Å²) < 4.78 is 0.956. The highest BCUT2D eigenvalue weighted by Crippen LogP contribution is 2.24. The molecule has 0 aliphatic carbocycles. The minimum absolute atomic E-state index is 0. The van der Waals surface area contributed by atoms with Gasteiger partial charge in [0, 0.05) is 10.2 Å². The second-order valence-electron chi connectivity index (χ2n) is 3.67. The van der Waals surface area contributed by atoms with E-state index in [1.165, 1.54) is 7.11 Å². The van der Waals surface area contributed by atoms with Gasteiger partial charge in [0.05, 0.1) is 7.11 Å². The lowest BCUT2D eigenvalue weighted by atomic mass is 10.1. The van der Waals surface area contributed by atoms with E-state index in [1.807, 2.05) is 26.0 Å². The van der Waals surface area contributed by atoms with Gasteiger partial charge in [0.15, 0.2) is 0 Å². The molecular formula is C11H16BrClN4O2. The Morgan fingerprint density at radius 3 is 2.32 bits per heavy atom. The zero-order valence-corrected chi connectivity index (χ0v) is 13.2. The zero-order valence-electron chi connectivity index (χ0n) is 10.8. The maximum atomic E-state index is 11.6. The molecule has 0 spiro atoms. The van der Waals surface area contributed by atoms with Crippen molar-refractivity contribution in [3.05, 3.63) is 27.7 Å². The fourth-order valence-corrected chi connectivity index (χ4v) is 2.18. The number of aryl methyl sites for hydroxylation is 2. The highest BCUT2D eigenvalue weighted by molar-refractivity contribution is 9.10. The van der Waals surface area contributed by atoms with Crippen molar-refractivity contribution in [3.8, 4) is 0 Å². The average Bonchev–Trinajstić information content (AvgIpc) is 2.23. The monoisotopic (exact) mass is 350 g/mol. The lowest BCUT2D eigenvalue weighted by Gasteiger charge is -2.13. The number of rotatable bonds is 2. The van der Waals surface area contributed by atoms with Gasteiger partial charge in [-0.3, -0.25) is 15.6 Å². The van der Waals surface area contributed by atoms with Gasteiger partial charge in [-0.15, -0.1) is 12.4 Å². The van der Waals surface area contributed by atoms with Crippen molar-refractivity contribution in [2.75, 3.05) is 12.4 Å². The molecule has 1 aromatic rings. The molecule has 0 saturated heterocycles. The van der Waals surface area contributed by atoms with Crippen molar-refractivity contribution in [2.45, 2.75) is 13.8 Å². The van der Waals surface area contributed by atoms with Gasteiger partial charge in [-0.05, 0) is 37.1 Å². The number of anilines is 1. The van der Waals surface area contributed by atoms with Gasteiger partial charge in [-0.2, -0.15) is 0 Å².